The number of carbonyl (C=O) groups excluding carboxylic acids is 2. The van der Waals surface area contributed by atoms with Gasteiger partial charge < -0.3 is 10.1 Å². The quantitative estimate of drug-likeness (QED) is 0.678. The summed E-state index contributed by atoms with van der Waals surface area (Å²) in [6, 6.07) is 12.0. The van der Waals surface area contributed by atoms with Crippen LogP contribution in [0.5, 0.6) is 0 Å². The maximum absolute atomic E-state index is 12.3. The average molecular weight is 400 g/mol. The lowest BCUT2D eigenvalue weighted by atomic mass is 10.2. The second-order valence-electron chi connectivity index (χ2n) is 5.31. The van der Waals surface area contributed by atoms with E-state index in [4.69, 9.17) is 4.74 Å². The van der Waals surface area contributed by atoms with E-state index < -0.39 is 18.0 Å². The molecule has 6 nitrogen and oxygen atoms in total. The van der Waals surface area contributed by atoms with E-state index >= 15 is 0 Å². The molecule has 126 valence electrons. The Balaban J connectivity index is 1.67. The highest BCUT2D eigenvalue weighted by Gasteiger charge is 2.19. The predicted molar refractivity (Wildman–Crippen MR) is 97.2 cm³/mol. The minimum absolute atomic E-state index is 0.315. The second-order valence-corrected chi connectivity index (χ2v) is 6.22. The van der Waals surface area contributed by atoms with Gasteiger partial charge in [0.15, 0.2) is 6.10 Å². The predicted octanol–water partition coefficient (Wildman–Crippen LogP) is 3.58. The zero-order chi connectivity index (χ0) is 17.8. The molecule has 0 aliphatic carbocycles. The average Bonchev–Trinajstić information content (AvgIpc) is 2.61. The standard InChI is InChI=1S/C18H14BrN3O3/c1-11(17(23)22-14-4-2-3-13(19)10-14)25-18(24)12-5-6-15-16(9-12)21-8-7-20-15/h2-11H,1H3,(H,22,23)/t11-/m1/s1. The SMILES string of the molecule is C[C@@H](OC(=O)c1ccc2nccnc2c1)C(=O)Nc1cccc(Br)c1. The summed E-state index contributed by atoms with van der Waals surface area (Å²) in [7, 11) is 0. The van der Waals surface area contributed by atoms with Gasteiger partial charge in [-0.15, -0.1) is 0 Å². The fourth-order valence-electron chi connectivity index (χ4n) is 2.18. The fraction of sp³-hybridized carbons (Fsp3) is 0.111. The molecular weight excluding hydrogens is 386 g/mol. The van der Waals surface area contributed by atoms with Crippen LogP contribution < -0.4 is 5.32 Å². The van der Waals surface area contributed by atoms with Gasteiger partial charge in [0.05, 0.1) is 16.6 Å². The van der Waals surface area contributed by atoms with Crippen molar-refractivity contribution in [2.75, 3.05) is 5.32 Å². The van der Waals surface area contributed by atoms with E-state index in [1.165, 1.54) is 6.92 Å². The molecular formula is C18H14BrN3O3. The number of hydrogen-bond acceptors (Lipinski definition) is 5. The molecule has 3 rings (SSSR count). The van der Waals surface area contributed by atoms with Crippen molar-refractivity contribution in [3.8, 4) is 0 Å². The topological polar surface area (TPSA) is 81.2 Å². The van der Waals surface area contributed by atoms with Crippen molar-refractivity contribution in [2.45, 2.75) is 13.0 Å². The van der Waals surface area contributed by atoms with Crippen molar-refractivity contribution in [3.63, 3.8) is 0 Å². The molecule has 25 heavy (non-hydrogen) atoms. The van der Waals surface area contributed by atoms with Crippen LogP contribution in [0.25, 0.3) is 11.0 Å². The molecule has 7 heteroatoms. The van der Waals surface area contributed by atoms with Crippen LogP contribution in [0.15, 0.2) is 59.3 Å². The smallest absolute Gasteiger partial charge is 0.338 e. The monoisotopic (exact) mass is 399 g/mol. The normalized spacial score (nSPS) is 11.8. The maximum Gasteiger partial charge on any atom is 0.338 e. The Bertz CT molecular complexity index is 946. The number of aromatic nitrogens is 2. The Labute approximate surface area is 152 Å². The van der Waals surface area contributed by atoms with E-state index in [2.05, 4.69) is 31.2 Å². The van der Waals surface area contributed by atoms with Crippen LogP contribution in [0, 0.1) is 0 Å². The molecule has 0 fully saturated rings. The number of carbonyl (C=O) groups is 2. The highest BCUT2D eigenvalue weighted by molar-refractivity contribution is 9.10. The van der Waals surface area contributed by atoms with Gasteiger partial charge in [-0.05, 0) is 43.3 Å². The summed E-state index contributed by atoms with van der Waals surface area (Å²) in [6.07, 6.45) is 2.18. The van der Waals surface area contributed by atoms with Crippen LogP contribution >= 0.6 is 15.9 Å². The third kappa shape index (κ3) is 4.19. The number of ether oxygens (including phenoxy) is 1. The molecule has 0 aliphatic rings. The molecule has 1 heterocycles. The Hall–Kier alpha value is -2.80. The summed E-state index contributed by atoms with van der Waals surface area (Å²) in [5.74, 6) is -1.00. The van der Waals surface area contributed by atoms with Crippen molar-refractivity contribution in [1.29, 1.82) is 0 Å². The van der Waals surface area contributed by atoms with Crippen molar-refractivity contribution in [2.24, 2.45) is 0 Å². The van der Waals surface area contributed by atoms with E-state index in [0.29, 0.717) is 22.3 Å². The van der Waals surface area contributed by atoms with Crippen LogP contribution in [0.1, 0.15) is 17.3 Å². The van der Waals surface area contributed by atoms with Crippen LogP contribution in [0.2, 0.25) is 0 Å². The number of anilines is 1. The lowest BCUT2D eigenvalue weighted by molar-refractivity contribution is -0.123. The van der Waals surface area contributed by atoms with Gasteiger partial charge in [0, 0.05) is 22.6 Å². The van der Waals surface area contributed by atoms with Crippen LogP contribution in [-0.4, -0.2) is 27.9 Å². The number of nitrogens with one attached hydrogen (secondary N) is 1. The molecule has 0 aliphatic heterocycles. The minimum atomic E-state index is -0.941. The summed E-state index contributed by atoms with van der Waals surface area (Å²) in [5, 5.41) is 2.70. The molecule has 0 radical (unpaired) electrons. The van der Waals surface area contributed by atoms with E-state index in [0.717, 1.165) is 4.47 Å². The second kappa shape index (κ2) is 7.40. The number of hydrogen-bond donors (Lipinski definition) is 1. The third-order valence-electron chi connectivity index (χ3n) is 3.45. The largest absolute Gasteiger partial charge is 0.449 e. The van der Waals surface area contributed by atoms with Crippen LogP contribution in [0.3, 0.4) is 0 Å². The third-order valence-corrected chi connectivity index (χ3v) is 3.94. The Kier molecular flexibility index (Phi) is 5.04. The van der Waals surface area contributed by atoms with Gasteiger partial charge in [-0.25, -0.2) is 4.79 Å². The lowest BCUT2D eigenvalue weighted by Gasteiger charge is -2.14. The van der Waals surface area contributed by atoms with Gasteiger partial charge in [-0.3, -0.25) is 14.8 Å². The van der Waals surface area contributed by atoms with E-state index in [9.17, 15) is 9.59 Å². The number of nitrogens with zero attached hydrogens (tertiary/aromatic N) is 2. The Morgan fingerprint density at radius 1 is 1.08 bits per heavy atom. The number of amides is 1. The zero-order valence-electron chi connectivity index (χ0n) is 13.3. The number of halogens is 1. The fourth-order valence-corrected chi connectivity index (χ4v) is 2.58. The van der Waals surface area contributed by atoms with Gasteiger partial charge in [0.2, 0.25) is 0 Å². The van der Waals surface area contributed by atoms with Crippen molar-refractivity contribution < 1.29 is 14.3 Å². The number of benzene rings is 2. The maximum atomic E-state index is 12.3. The Morgan fingerprint density at radius 2 is 1.84 bits per heavy atom. The van der Waals surface area contributed by atoms with Crippen molar-refractivity contribution in [1.82, 2.24) is 9.97 Å². The van der Waals surface area contributed by atoms with Gasteiger partial charge in [-0.1, -0.05) is 22.0 Å². The highest BCUT2D eigenvalue weighted by Crippen LogP contribution is 2.17. The summed E-state index contributed by atoms with van der Waals surface area (Å²) in [4.78, 5) is 32.7. The summed E-state index contributed by atoms with van der Waals surface area (Å²) >= 11 is 3.33. The Morgan fingerprint density at radius 3 is 2.60 bits per heavy atom. The first kappa shape index (κ1) is 17.0. The zero-order valence-corrected chi connectivity index (χ0v) is 14.9. The summed E-state index contributed by atoms with van der Waals surface area (Å²) < 4.78 is 6.08. The van der Waals surface area contributed by atoms with E-state index in [-0.39, 0.29) is 0 Å². The van der Waals surface area contributed by atoms with Crippen LogP contribution in [0.4, 0.5) is 5.69 Å². The molecule has 0 saturated heterocycles. The first-order chi connectivity index (χ1) is 12.0. The molecule has 1 atom stereocenters. The molecule has 0 unspecified atom stereocenters. The summed E-state index contributed by atoms with van der Waals surface area (Å²) in [5.41, 5.74) is 2.20. The highest BCUT2D eigenvalue weighted by atomic mass is 79.9. The van der Waals surface area contributed by atoms with Gasteiger partial charge >= 0.3 is 5.97 Å². The first-order valence-electron chi connectivity index (χ1n) is 7.51. The first-order valence-corrected chi connectivity index (χ1v) is 8.30. The molecule has 0 saturated carbocycles. The molecule has 1 aromatic heterocycles. The molecule has 0 spiro atoms. The number of rotatable bonds is 4. The molecule has 1 amide bonds. The minimum Gasteiger partial charge on any atom is -0.449 e. The van der Waals surface area contributed by atoms with Gasteiger partial charge in [0.1, 0.15) is 0 Å². The molecule has 0 bridgehead atoms. The van der Waals surface area contributed by atoms with Crippen molar-refractivity contribution in [3.05, 3.63) is 64.9 Å². The molecule has 1 N–H and O–H groups in total. The molecule has 3 aromatic rings. The van der Waals surface area contributed by atoms with Gasteiger partial charge in [0.25, 0.3) is 5.91 Å². The van der Waals surface area contributed by atoms with E-state index in [1.807, 2.05) is 6.07 Å². The van der Waals surface area contributed by atoms with Crippen LogP contribution in [-0.2, 0) is 9.53 Å². The van der Waals surface area contributed by atoms with E-state index in [1.54, 1.807) is 48.8 Å². The lowest BCUT2D eigenvalue weighted by Crippen LogP contribution is -2.30. The van der Waals surface area contributed by atoms with Gasteiger partial charge in [-0.2, -0.15) is 0 Å². The number of fused-ring (bicyclic) bond motifs is 1. The van der Waals surface area contributed by atoms with Crippen molar-refractivity contribution >= 4 is 44.5 Å². The summed E-state index contributed by atoms with van der Waals surface area (Å²) in [6.45, 7) is 1.52. The number of esters is 1. The molecule has 2 aromatic carbocycles.